The second-order valence-electron chi connectivity index (χ2n) is 3.10. The normalized spacial score (nSPS) is 28.6. The number of nitrogens with one attached hydrogen (secondary N) is 1. The Morgan fingerprint density at radius 2 is 2.07 bits per heavy atom. The zero-order chi connectivity index (χ0) is 9.84. The molecule has 0 aliphatic carbocycles. The van der Waals surface area contributed by atoms with Crippen molar-refractivity contribution in [3.05, 3.63) is 5.73 Å². The van der Waals surface area contributed by atoms with E-state index in [0.717, 1.165) is 0 Å². The molecule has 1 aliphatic heterocycles. The van der Waals surface area contributed by atoms with Crippen LogP contribution in [-0.2, 0) is 9.59 Å². The van der Waals surface area contributed by atoms with Crippen molar-refractivity contribution in [2.24, 2.45) is 5.92 Å². The first-order valence-corrected chi connectivity index (χ1v) is 6.58. The molecule has 6 heteroatoms. The molecule has 76 valence electrons. The molecule has 0 spiro atoms. The van der Waals surface area contributed by atoms with Gasteiger partial charge in [-0.3, -0.25) is 4.79 Å². The van der Waals surface area contributed by atoms with E-state index in [0.29, 0.717) is 11.5 Å². The van der Waals surface area contributed by atoms with Gasteiger partial charge in [-0.1, -0.05) is 27.6 Å². The van der Waals surface area contributed by atoms with Gasteiger partial charge >= 0.3 is 51.4 Å². The Labute approximate surface area is 136 Å². The summed E-state index contributed by atoms with van der Waals surface area (Å²) in [5, 5.41) is 0. The molecule has 1 fully saturated rings. The SMILES string of the molecule is CC(=O)[C@H]1CSSC[C@@H]([NH-])C(=O)C1.[H-].[K+]. The van der Waals surface area contributed by atoms with Gasteiger partial charge in [-0.2, -0.15) is 0 Å². The molecular weight excluding hydrogens is 245 g/mol. The third-order valence-electron chi connectivity index (χ3n) is 2.00. The van der Waals surface area contributed by atoms with Crippen molar-refractivity contribution < 1.29 is 62.4 Å². The van der Waals surface area contributed by atoms with Gasteiger partial charge in [0.05, 0.1) is 0 Å². The van der Waals surface area contributed by atoms with Crippen LogP contribution in [0.1, 0.15) is 14.8 Å². The molecule has 1 saturated heterocycles. The number of ketones is 2. The van der Waals surface area contributed by atoms with Gasteiger partial charge in [0.25, 0.3) is 0 Å². The Hall–Kier alpha value is 1.64. The number of carbonyl (C=O) groups is 2. The summed E-state index contributed by atoms with van der Waals surface area (Å²) in [6.07, 6.45) is 0.261. The molecular formula is C8H13KNO2S2-. The summed E-state index contributed by atoms with van der Waals surface area (Å²) >= 11 is 0. The van der Waals surface area contributed by atoms with E-state index in [-0.39, 0.29) is 76.7 Å². The van der Waals surface area contributed by atoms with E-state index >= 15 is 0 Å². The number of hydrogen-bond acceptors (Lipinski definition) is 4. The third kappa shape index (κ3) is 5.11. The number of rotatable bonds is 1. The minimum atomic E-state index is -0.639. The van der Waals surface area contributed by atoms with Crippen molar-refractivity contribution in [2.45, 2.75) is 19.4 Å². The van der Waals surface area contributed by atoms with Crippen LogP contribution >= 0.6 is 21.6 Å². The second kappa shape index (κ2) is 7.84. The van der Waals surface area contributed by atoms with E-state index in [1.165, 1.54) is 17.7 Å². The van der Waals surface area contributed by atoms with Crippen LogP contribution in [0, 0.1) is 5.92 Å². The van der Waals surface area contributed by atoms with Gasteiger partial charge in [0.2, 0.25) is 0 Å². The van der Waals surface area contributed by atoms with Gasteiger partial charge in [0.15, 0.2) is 0 Å². The summed E-state index contributed by atoms with van der Waals surface area (Å²) in [6.45, 7) is 1.52. The Kier molecular flexibility index (Phi) is 8.75. The first kappa shape index (κ1) is 15.6. The summed E-state index contributed by atoms with van der Waals surface area (Å²) in [6, 6.07) is -0.639. The van der Waals surface area contributed by atoms with Crippen LogP contribution in [0.5, 0.6) is 0 Å². The van der Waals surface area contributed by atoms with Crippen LogP contribution < -0.4 is 51.4 Å². The van der Waals surface area contributed by atoms with Crippen molar-refractivity contribution in [1.29, 1.82) is 0 Å². The molecule has 0 aromatic rings. The van der Waals surface area contributed by atoms with Gasteiger partial charge in [-0.25, -0.2) is 0 Å². The van der Waals surface area contributed by atoms with Gasteiger partial charge in [-0.05, 0) is 12.7 Å². The fraction of sp³-hybridized carbons (Fsp3) is 0.750. The van der Waals surface area contributed by atoms with Crippen molar-refractivity contribution >= 4 is 33.2 Å². The average Bonchev–Trinajstić information content (AvgIpc) is 2.06. The molecule has 3 nitrogen and oxygen atoms in total. The van der Waals surface area contributed by atoms with Gasteiger partial charge < -0.3 is 12.0 Å². The topological polar surface area (TPSA) is 57.9 Å². The Bertz CT molecular complexity index is 231. The standard InChI is InChI=1S/C8H12NO2S2.K.H/c1-5(10)6-2-8(11)7(9)4-13-12-3-6;;/h6-7,9H,2-4H2,1H3;;/q-1;+1;-1/t6-,7-;;/m1../s1. The third-order valence-corrected chi connectivity index (χ3v) is 4.49. The van der Waals surface area contributed by atoms with Gasteiger partial charge in [-0.15, -0.1) is 0 Å². The van der Waals surface area contributed by atoms with Crippen LogP contribution in [-0.4, -0.2) is 29.1 Å². The second-order valence-corrected chi connectivity index (χ2v) is 5.65. The molecule has 0 amide bonds. The molecule has 0 aromatic heterocycles. The first-order chi connectivity index (χ1) is 6.11. The van der Waals surface area contributed by atoms with E-state index in [1.807, 2.05) is 0 Å². The molecule has 0 bridgehead atoms. The molecule has 1 aliphatic rings. The smallest absolute Gasteiger partial charge is 1.00 e. The largest absolute Gasteiger partial charge is 1.00 e. The minimum absolute atomic E-state index is 0. The van der Waals surface area contributed by atoms with E-state index in [1.54, 1.807) is 10.8 Å². The van der Waals surface area contributed by atoms with Crippen LogP contribution in [0.2, 0.25) is 0 Å². The maximum Gasteiger partial charge on any atom is 1.00 e. The van der Waals surface area contributed by atoms with Gasteiger partial charge in [0.1, 0.15) is 11.6 Å². The Balaban J connectivity index is 0. The monoisotopic (exact) mass is 258 g/mol. The summed E-state index contributed by atoms with van der Waals surface area (Å²) in [4.78, 5) is 22.4. The van der Waals surface area contributed by atoms with E-state index in [9.17, 15) is 9.59 Å². The summed E-state index contributed by atoms with van der Waals surface area (Å²) in [5.41, 5.74) is 7.45. The van der Waals surface area contributed by atoms with E-state index in [2.05, 4.69) is 0 Å². The fourth-order valence-electron chi connectivity index (χ4n) is 1.04. The van der Waals surface area contributed by atoms with Crippen LogP contribution in [0.3, 0.4) is 0 Å². The molecule has 0 unspecified atom stereocenters. The Morgan fingerprint density at radius 1 is 1.50 bits per heavy atom. The van der Waals surface area contributed by atoms with Crippen LogP contribution in [0.25, 0.3) is 5.73 Å². The zero-order valence-electron chi connectivity index (χ0n) is 9.41. The van der Waals surface area contributed by atoms with Crippen LogP contribution in [0.15, 0.2) is 0 Å². The van der Waals surface area contributed by atoms with E-state index < -0.39 is 6.04 Å². The van der Waals surface area contributed by atoms with E-state index in [4.69, 9.17) is 5.73 Å². The molecule has 1 N–H and O–H groups in total. The molecule has 0 radical (unpaired) electrons. The van der Waals surface area contributed by atoms with Crippen molar-refractivity contribution in [3.63, 3.8) is 0 Å². The quantitative estimate of drug-likeness (QED) is 0.451. The van der Waals surface area contributed by atoms with Gasteiger partial charge in [0, 0.05) is 18.1 Å². The predicted octanol–water partition coefficient (Wildman–Crippen LogP) is -0.917. The van der Waals surface area contributed by atoms with Crippen LogP contribution in [0.4, 0.5) is 0 Å². The van der Waals surface area contributed by atoms with Crippen molar-refractivity contribution in [2.75, 3.05) is 11.5 Å². The molecule has 14 heavy (non-hydrogen) atoms. The molecule has 0 saturated carbocycles. The fourth-order valence-corrected chi connectivity index (χ4v) is 3.55. The average molecular weight is 258 g/mol. The number of carbonyl (C=O) groups excluding carboxylic acids is 2. The number of hydrogen-bond donors (Lipinski definition) is 0. The predicted molar refractivity (Wildman–Crippen MR) is 57.9 cm³/mol. The minimum Gasteiger partial charge on any atom is -1.00 e. The summed E-state index contributed by atoms with van der Waals surface area (Å²) in [7, 11) is 3.11. The summed E-state index contributed by atoms with van der Waals surface area (Å²) in [5.74, 6) is 1.06. The number of Topliss-reactive ketones (excluding diaryl/α,β-unsaturated/α-hetero) is 2. The molecule has 0 aromatic carbocycles. The molecule has 2 atom stereocenters. The van der Waals surface area contributed by atoms with Crippen molar-refractivity contribution in [3.8, 4) is 0 Å². The maximum atomic E-state index is 11.3. The maximum absolute atomic E-state index is 11.3. The zero-order valence-corrected chi connectivity index (χ0v) is 13.2. The Morgan fingerprint density at radius 3 is 2.64 bits per heavy atom. The van der Waals surface area contributed by atoms with Crippen molar-refractivity contribution in [1.82, 2.24) is 0 Å². The molecule has 1 rings (SSSR count). The summed E-state index contributed by atoms with van der Waals surface area (Å²) < 4.78 is 0. The first-order valence-electron chi connectivity index (χ1n) is 4.10. The molecule has 1 heterocycles.